The molecule has 8 heteroatoms. The number of guanidine groups is 1. The van der Waals surface area contributed by atoms with Gasteiger partial charge in [0, 0.05) is 56.0 Å². The van der Waals surface area contributed by atoms with Gasteiger partial charge in [-0.05, 0) is 36.4 Å². The number of nitrogens with one attached hydrogen (secondary N) is 1. The minimum Gasteiger partial charge on any atom is -0.508 e. The molecule has 0 bridgehead atoms. The maximum Gasteiger partial charge on any atom is 0.194 e. The third kappa shape index (κ3) is 5.57. The number of ether oxygens (including phenoxy) is 1. The highest BCUT2D eigenvalue weighted by molar-refractivity contribution is 14.0. The predicted octanol–water partition coefficient (Wildman–Crippen LogP) is 3.57. The maximum absolute atomic E-state index is 10.0. The molecule has 0 aliphatic carbocycles. The standard InChI is InChI=1S/C20H25ClN4O2.HI/c1-22-20(23-14-15-12-18(27-2)6-7-19(15)26)25-10-8-24(9-11-25)17-5-3-4-16(21)13-17;/h3-7,12-13,26H,8-11,14H2,1-2H3,(H,22,23);1H. The normalized spacial score (nSPS) is 14.5. The highest BCUT2D eigenvalue weighted by Gasteiger charge is 2.20. The zero-order chi connectivity index (χ0) is 19.2. The van der Waals surface area contributed by atoms with E-state index in [1.165, 1.54) is 0 Å². The largest absolute Gasteiger partial charge is 0.508 e. The molecular weight excluding hydrogens is 491 g/mol. The molecule has 152 valence electrons. The number of benzene rings is 2. The molecule has 0 saturated carbocycles. The second kappa shape index (κ2) is 10.6. The molecule has 0 unspecified atom stereocenters. The monoisotopic (exact) mass is 516 g/mol. The molecule has 1 heterocycles. The number of halogens is 2. The number of phenolic OH excluding ortho intramolecular Hbond substituents is 1. The zero-order valence-electron chi connectivity index (χ0n) is 16.1. The molecular formula is C20H26ClIN4O2. The summed E-state index contributed by atoms with van der Waals surface area (Å²) in [6, 6.07) is 13.2. The third-order valence-electron chi connectivity index (χ3n) is 4.69. The SMILES string of the molecule is CN=C(NCc1cc(OC)ccc1O)N1CCN(c2cccc(Cl)c2)CC1.I. The lowest BCUT2D eigenvalue weighted by Crippen LogP contribution is -2.52. The lowest BCUT2D eigenvalue weighted by molar-refractivity contribution is 0.371. The van der Waals surface area contributed by atoms with E-state index in [2.05, 4.69) is 26.2 Å². The van der Waals surface area contributed by atoms with Gasteiger partial charge in [0.05, 0.1) is 7.11 Å². The summed E-state index contributed by atoms with van der Waals surface area (Å²) in [6.07, 6.45) is 0. The number of nitrogens with zero attached hydrogens (tertiary/aromatic N) is 3. The zero-order valence-corrected chi connectivity index (χ0v) is 19.1. The van der Waals surface area contributed by atoms with Gasteiger partial charge in [0.25, 0.3) is 0 Å². The number of methoxy groups -OCH3 is 1. The molecule has 0 radical (unpaired) electrons. The van der Waals surface area contributed by atoms with Crippen molar-refractivity contribution in [3.05, 3.63) is 53.1 Å². The minimum atomic E-state index is 0. The van der Waals surface area contributed by atoms with Crippen molar-refractivity contribution in [3.63, 3.8) is 0 Å². The summed E-state index contributed by atoms with van der Waals surface area (Å²) in [5, 5.41) is 14.1. The van der Waals surface area contributed by atoms with Crippen molar-refractivity contribution in [2.45, 2.75) is 6.54 Å². The van der Waals surface area contributed by atoms with Crippen molar-refractivity contribution in [1.29, 1.82) is 0 Å². The number of aromatic hydroxyl groups is 1. The number of phenols is 1. The van der Waals surface area contributed by atoms with Gasteiger partial charge in [-0.15, -0.1) is 24.0 Å². The van der Waals surface area contributed by atoms with Crippen LogP contribution in [0, 0.1) is 0 Å². The number of rotatable bonds is 4. The van der Waals surface area contributed by atoms with E-state index >= 15 is 0 Å². The Balaban J connectivity index is 0.00000280. The number of hydrogen-bond acceptors (Lipinski definition) is 4. The van der Waals surface area contributed by atoms with E-state index in [1.807, 2.05) is 24.3 Å². The Morgan fingerprint density at radius 3 is 2.57 bits per heavy atom. The Kier molecular flexibility index (Phi) is 8.50. The van der Waals surface area contributed by atoms with Crippen LogP contribution in [0.2, 0.25) is 5.02 Å². The molecule has 2 N–H and O–H groups in total. The molecule has 1 fully saturated rings. The molecule has 0 aromatic heterocycles. The molecule has 0 amide bonds. The van der Waals surface area contributed by atoms with Crippen molar-refractivity contribution in [3.8, 4) is 11.5 Å². The highest BCUT2D eigenvalue weighted by atomic mass is 127. The van der Waals surface area contributed by atoms with Gasteiger partial charge in [0.15, 0.2) is 5.96 Å². The van der Waals surface area contributed by atoms with E-state index in [0.29, 0.717) is 6.54 Å². The Labute approximate surface area is 188 Å². The Morgan fingerprint density at radius 2 is 1.93 bits per heavy atom. The van der Waals surface area contributed by atoms with Crippen LogP contribution in [0.15, 0.2) is 47.5 Å². The fourth-order valence-corrected chi connectivity index (χ4v) is 3.37. The van der Waals surface area contributed by atoms with Gasteiger partial charge in [-0.2, -0.15) is 0 Å². The van der Waals surface area contributed by atoms with Crippen LogP contribution in [0.3, 0.4) is 0 Å². The fourth-order valence-electron chi connectivity index (χ4n) is 3.19. The highest BCUT2D eigenvalue weighted by Crippen LogP contribution is 2.23. The van der Waals surface area contributed by atoms with Crippen molar-refractivity contribution >= 4 is 47.2 Å². The summed E-state index contributed by atoms with van der Waals surface area (Å²) in [4.78, 5) is 8.93. The molecule has 28 heavy (non-hydrogen) atoms. The van der Waals surface area contributed by atoms with E-state index in [4.69, 9.17) is 16.3 Å². The van der Waals surface area contributed by atoms with Crippen molar-refractivity contribution in [2.24, 2.45) is 4.99 Å². The van der Waals surface area contributed by atoms with Crippen LogP contribution in [0.5, 0.6) is 11.5 Å². The fraction of sp³-hybridized carbons (Fsp3) is 0.350. The molecule has 1 aliphatic rings. The van der Waals surface area contributed by atoms with Gasteiger partial charge in [0.2, 0.25) is 0 Å². The van der Waals surface area contributed by atoms with E-state index in [-0.39, 0.29) is 29.7 Å². The molecule has 1 saturated heterocycles. The lowest BCUT2D eigenvalue weighted by Gasteiger charge is -2.37. The molecule has 0 spiro atoms. The van der Waals surface area contributed by atoms with Gasteiger partial charge < -0.3 is 25.0 Å². The van der Waals surface area contributed by atoms with Crippen LogP contribution >= 0.6 is 35.6 Å². The van der Waals surface area contributed by atoms with Crippen molar-refractivity contribution < 1.29 is 9.84 Å². The maximum atomic E-state index is 10.0. The summed E-state index contributed by atoms with van der Waals surface area (Å²) in [5.74, 6) is 1.78. The predicted molar refractivity (Wildman–Crippen MR) is 126 cm³/mol. The van der Waals surface area contributed by atoms with Crippen LogP contribution in [0.1, 0.15) is 5.56 Å². The van der Waals surface area contributed by atoms with Crippen molar-refractivity contribution in [1.82, 2.24) is 10.2 Å². The van der Waals surface area contributed by atoms with Crippen LogP contribution < -0.4 is 15.0 Å². The molecule has 2 aromatic rings. The van der Waals surface area contributed by atoms with Crippen LogP contribution in [0.4, 0.5) is 5.69 Å². The molecule has 1 aliphatic heterocycles. The summed E-state index contributed by atoms with van der Waals surface area (Å²) in [5.41, 5.74) is 1.92. The van der Waals surface area contributed by atoms with Crippen LogP contribution in [-0.2, 0) is 6.54 Å². The van der Waals surface area contributed by atoms with Crippen LogP contribution in [0.25, 0.3) is 0 Å². The molecule has 3 rings (SSSR count). The summed E-state index contributed by atoms with van der Waals surface area (Å²) >= 11 is 6.10. The molecule has 2 aromatic carbocycles. The van der Waals surface area contributed by atoms with E-state index in [1.54, 1.807) is 26.3 Å². The van der Waals surface area contributed by atoms with E-state index < -0.39 is 0 Å². The first-order valence-electron chi connectivity index (χ1n) is 8.92. The molecule has 6 nitrogen and oxygen atoms in total. The summed E-state index contributed by atoms with van der Waals surface area (Å²) in [6.45, 7) is 3.98. The van der Waals surface area contributed by atoms with Gasteiger partial charge in [-0.1, -0.05) is 17.7 Å². The van der Waals surface area contributed by atoms with Gasteiger partial charge in [-0.3, -0.25) is 4.99 Å². The molecule has 0 atom stereocenters. The van der Waals surface area contributed by atoms with Crippen LogP contribution in [-0.4, -0.2) is 56.3 Å². The van der Waals surface area contributed by atoms with Crippen molar-refractivity contribution in [2.75, 3.05) is 45.2 Å². The first-order chi connectivity index (χ1) is 13.1. The summed E-state index contributed by atoms with van der Waals surface area (Å²) in [7, 11) is 3.39. The third-order valence-corrected chi connectivity index (χ3v) is 4.92. The second-order valence-electron chi connectivity index (χ2n) is 6.35. The number of piperazine rings is 1. The average molecular weight is 517 g/mol. The first kappa shape index (κ1) is 22.4. The first-order valence-corrected chi connectivity index (χ1v) is 9.30. The number of anilines is 1. The lowest BCUT2D eigenvalue weighted by atomic mass is 10.2. The minimum absolute atomic E-state index is 0. The topological polar surface area (TPSA) is 60.3 Å². The van der Waals surface area contributed by atoms with Gasteiger partial charge >= 0.3 is 0 Å². The quantitative estimate of drug-likeness (QED) is 0.370. The van der Waals surface area contributed by atoms with Gasteiger partial charge in [0.1, 0.15) is 11.5 Å². The smallest absolute Gasteiger partial charge is 0.194 e. The average Bonchev–Trinajstić information content (AvgIpc) is 2.70. The Bertz CT molecular complexity index is 811. The summed E-state index contributed by atoms with van der Waals surface area (Å²) < 4.78 is 5.23. The van der Waals surface area contributed by atoms with E-state index in [0.717, 1.165) is 54.2 Å². The number of aliphatic imine (C=N–C) groups is 1. The van der Waals surface area contributed by atoms with Gasteiger partial charge in [-0.25, -0.2) is 0 Å². The number of hydrogen-bond donors (Lipinski definition) is 2. The Morgan fingerprint density at radius 1 is 1.18 bits per heavy atom. The van der Waals surface area contributed by atoms with E-state index in [9.17, 15) is 5.11 Å². The second-order valence-corrected chi connectivity index (χ2v) is 6.79. The Hall–Kier alpha value is -1.87.